The zero-order chi connectivity index (χ0) is 11.8. The number of rotatable bonds is 2. The van der Waals surface area contributed by atoms with E-state index in [1.165, 1.54) is 5.56 Å². The fourth-order valence-electron chi connectivity index (χ4n) is 2.70. The minimum atomic E-state index is -0.309. The minimum absolute atomic E-state index is 0.309. The van der Waals surface area contributed by atoms with Gasteiger partial charge in [0, 0.05) is 5.56 Å². The minimum Gasteiger partial charge on any atom is -0.496 e. The largest absolute Gasteiger partial charge is 0.496 e. The van der Waals surface area contributed by atoms with Crippen LogP contribution in [-0.2, 0) is 5.41 Å². The molecule has 0 unspecified atom stereocenters. The SMILES string of the molecule is COc1ccc(C)cc1C1(C#N)CC(C)C1. The molecule has 0 radical (unpaired) electrons. The third-order valence-electron chi connectivity index (χ3n) is 3.48. The van der Waals surface area contributed by atoms with E-state index >= 15 is 0 Å². The van der Waals surface area contributed by atoms with Crippen LogP contribution in [0.5, 0.6) is 5.75 Å². The van der Waals surface area contributed by atoms with Crippen molar-refractivity contribution >= 4 is 0 Å². The van der Waals surface area contributed by atoms with Crippen LogP contribution >= 0.6 is 0 Å². The number of ether oxygens (including phenoxy) is 1. The average Bonchev–Trinajstić information content (AvgIpc) is 2.24. The van der Waals surface area contributed by atoms with Crippen LogP contribution in [-0.4, -0.2) is 7.11 Å². The first-order chi connectivity index (χ1) is 7.61. The van der Waals surface area contributed by atoms with Gasteiger partial charge in [-0.25, -0.2) is 0 Å². The van der Waals surface area contributed by atoms with Crippen LogP contribution < -0.4 is 4.74 Å². The fraction of sp³-hybridized carbons (Fsp3) is 0.500. The van der Waals surface area contributed by atoms with Gasteiger partial charge >= 0.3 is 0 Å². The Morgan fingerprint density at radius 2 is 2.12 bits per heavy atom. The van der Waals surface area contributed by atoms with E-state index in [4.69, 9.17) is 4.74 Å². The molecule has 1 fully saturated rings. The van der Waals surface area contributed by atoms with E-state index in [1.54, 1.807) is 7.11 Å². The molecule has 0 aromatic heterocycles. The second-order valence-corrected chi connectivity index (χ2v) is 4.91. The molecule has 0 saturated heterocycles. The molecule has 1 aliphatic rings. The van der Waals surface area contributed by atoms with Gasteiger partial charge in [-0.1, -0.05) is 24.6 Å². The van der Waals surface area contributed by atoms with Gasteiger partial charge in [0.1, 0.15) is 5.75 Å². The lowest BCUT2D eigenvalue weighted by molar-refractivity contribution is 0.211. The molecule has 1 aromatic carbocycles. The maximum absolute atomic E-state index is 9.41. The third kappa shape index (κ3) is 1.57. The normalized spacial score (nSPS) is 28.0. The highest BCUT2D eigenvalue weighted by molar-refractivity contribution is 5.47. The van der Waals surface area contributed by atoms with Gasteiger partial charge in [-0.2, -0.15) is 5.26 Å². The average molecular weight is 215 g/mol. The predicted octanol–water partition coefficient (Wildman–Crippen LogP) is 3.19. The summed E-state index contributed by atoms with van der Waals surface area (Å²) in [5.41, 5.74) is 1.94. The van der Waals surface area contributed by atoms with Gasteiger partial charge in [0.15, 0.2) is 0 Å². The molecule has 0 bridgehead atoms. The highest BCUT2D eigenvalue weighted by atomic mass is 16.5. The Morgan fingerprint density at radius 3 is 2.62 bits per heavy atom. The van der Waals surface area contributed by atoms with E-state index in [1.807, 2.05) is 12.1 Å². The summed E-state index contributed by atoms with van der Waals surface area (Å²) in [4.78, 5) is 0. The Hall–Kier alpha value is -1.49. The lowest BCUT2D eigenvalue weighted by Crippen LogP contribution is -2.39. The van der Waals surface area contributed by atoms with Gasteiger partial charge in [0.2, 0.25) is 0 Å². The van der Waals surface area contributed by atoms with Crippen LogP contribution in [0.1, 0.15) is 30.9 Å². The van der Waals surface area contributed by atoms with Crippen LogP contribution in [0.4, 0.5) is 0 Å². The van der Waals surface area contributed by atoms with Crippen molar-refractivity contribution in [3.8, 4) is 11.8 Å². The standard InChI is InChI=1S/C14H17NO/c1-10-4-5-13(16-3)12(6-10)14(9-15)7-11(2)8-14/h4-6,11H,7-8H2,1-3H3. The lowest BCUT2D eigenvalue weighted by Gasteiger charge is -2.42. The fourth-order valence-corrected chi connectivity index (χ4v) is 2.70. The topological polar surface area (TPSA) is 33.0 Å². The van der Waals surface area contributed by atoms with Gasteiger partial charge in [-0.15, -0.1) is 0 Å². The number of hydrogen-bond donors (Lipinski definition) is 0. The molecule has 2 rings (SSSR count). The predicted molar refractivity (Wildman–Crippen MR) is 63.4 cm³/mol. The van der Waals surface area contributed by atoms with Gasteiger partial charge in [-0.05, 0) is 31.7 Å². The summed E-state index contributed by atoms with van der Waals surface area (Å²) in [5.74, 6) is 1.49. The Balaban J connectivity index is 2.46. The van der Waals surface area contributed by atoms with E-state index in [2.05, 4.69) is 26.0 Å². The second-order valence-electron chi connectivity index (χ2n) is 4.91. The summed E-state index contributed by atoms with van der Waals surface area (Å²) in [7, 11) is 1.67. The number of hydrogen-bond acceptors (Lipinski definition) is 2. The summed E-state index contributed by atoms with van der Waals surface area (Å²) in [6.07, 6.45) is 1.90. The highest BCUT2D eigenvalue weighted by Crippen LogP contribution is 2.50. The molecule has 84 valence electrons. The molecule has 1 aliphatic carbocycles. The lowest BCUT2D eigenvalue weighted by atomic mass is 9.60. The molecule has 0 heterocycles. The maximum atomic E-state index is 9.41. The summed E-state index contributed by atoms with van der Waals surface area (Å²) >= 11 is 0. The summed E-state index contributed by atoms with van der Waals surface area (Å²) in [6.45, 7) is 4.24. The monoisotopic (exact) mass is 215 g/mol. The van der Waals surface area contributed by atoms with E-state index in [-0.39, 0.29) is 5.41 Å². The van der Waals surface area contributed by atoms with Gasteiger partial charge in [0.25, 0.3) is 0 Å². The van der Waals surface area contributed by atoms with Crippen LogP contribution in [0.2, 0.25) is 0 Å². The van der Waals surface area contributed by atoms with Gasteiger partial charge < -0.3 is 4.74 Å². The molecule has 0 N–H and O–H groups in total. The Bertz CT molecular complexity index is 439. The molecular weight excluding hydrogens is 198 g/mol. The quantitative estimate of drug-likeness (QED) is 0.759. The van der Waals surface area contributed by atoms with Crippen molar-refractivity contribution in [3.63, 3.8) is 0 Å². The van der Waals surface area contributed by atoms with Crippen molar-refractivity contribution in [2.24, 2.45) is 5.92 Å². The van der Waals surface area contributed by atoms with E-state index in [0.717, 1.165) is 24.2 Å². The van der Waals surface area contributed by atoms with E-state index in [9.17, 15) is 5.26 Å². The highest BCUT2D eigenvalue weighted by Gasteiger charge is 2.45. The Kier molecular flexibility index (Phi) is 2.63. The molecule has 0 amide bonds. The number of methoxy groups -OCH3 is 1. The van der Waals surface area contributed by atoms with Crippen LogP contribution in [0.15, 0.2) is 18.2 Å². The Labute approximate surface area is 96.9 Å². The maximum Gasteiger partial charge on any atom is 0.123 e. The molecule has 16 heavy (non-hydrogen) atoms. The zero-order valence-corrected chi connectivity index (χ0v) is 10.1. The zero-order valence-electron chi connectivity index (χ0n) is 10.1. The first-order valence-electron chi connectivity index (χ1n) is 5.67. The molecule has 2 heteroatoms. The molecule has 0 spiro atoms. The van der Waals surface area contributed by atoms with Crippen LogP contribution in [0.3, 0.4) is 0 Å². The number of nitriles is 1. The van der Waals surface area contributed by atoms with Crippen molar-refractivity contribution in [2.75, 3.05) is 7.11 Å². The molecule has 1 saturated carbocycles. The van der Waals surface area contributed by atoms with E-state index < -0.39 is 0 Å². The molecule has 1 aromatic rings. The van der Waals surface area contributed by atoms with Crippen molar-refractivity contribution in [3.05, 3.63) is 29.3 Å². The van der Waals surface area contributed by atoms with Crippen LogP contribution in [0.25, 0.3) is 0 Å². The number of aryl methyl sites for hydroxylation is 1. The first-order valence-corrected chi connectivity index (χ1v) is 5.67. The first kappa shape index (κ1) is 11.0. The van der Waals surface area contributed by atoms with Crippen molar-refractivity contribution in [1.29, 1.82) is 5.26 Å². The van der Waals surface area contributed by atoms with Gasteiger partial charge in [-0.3, -0.25) is 0 Å². The molecule has 0 aliphatic heterocycles. The summed E-state index contributed by atoms with van der Waals surface area (Å²) < 4.78 is 5.37. The molecule has 0 atom stereocenters. The van der Waals surface area contributed by atoms with Crippen LogP contribution in [0, 0.1) is 24.2 Å². The molecule has 2 nitrogen and oxygen atoms in total. The Morgan fingerprint density at radius 1 is 1.44 bits per heavy atom. The third-order valence-corrected chi connectivity index (χ3v) is 3.48. The smallest absolute Gasteiger partial charge is 0.123 e. The second kappa shape index (κ2) is 3.83. The number of benzene rings is 1. The van der Waals surface area contributed by atoms with Crippen molar-refractivity contribution in [2.45, 2.75) is 32.1 Å². The summed E-state index contributed by atoms with van der Waals surface area (Å²) in [5, 5.41) is 9.41. The van der Waals surface area contributed by atoms with Crippen molar-refractivity contribution in [1.82, 2.24) is 0 Å². The molecular formula is C14H17NO. The summed E-state index contributed by atoms with van der Waals surface area (Å²) in [6, 6.07) is 8.56. The van der Waals surface area contributed by atoms with E-state index in [0.29, 0.717) is 5.92 Å². The van der Waals surface area contributed by atoms with Crippen molar-refractivity contribution < 1.29 is 4.74 Å². The number of nitrogens with zero attached hydrogens (tertiary/aromatic N) is 1. The van der Waals surface area contributed by atoms with Gasteiger partial charge in [0.05, 0.1) is 18.6 Å².